The maximum absolute atomic E-state index is 13.9. The Morgan fingerprint density at radius 2 is 2.20 bits per heavy atom. The summed E-state index contributed by atoms with van der Waals surface area (Å²) < 4.78 is 13.9. The van der Waals surface area contributed by atoms with Gasteiger partial charge in [0.1, 0.15) is 11.6 Å². The summed E-state index contributed by atoms with van der Waals surface area (Å²) in [5.41, 5.74) is 0.100. The van der Waals surface area contributed by atoms with Crippen LogP contribution < -0.4 is 10.6 Å². The van der Waals surface area contributed by atoms with E-state index >= 15 is 0 Å². The third-order valence-electron chi connectivity index (χ3n) is 3.66. The summed E-state index contributed by atoms with van der Waals surface area (Å²) in [7, 11) is 0. The van der Waals surface area contributed by atoms with Crippen molar-refractivity contribution in [2.75, 3.05) is 13.1 Å². The zero-order chi connectivity index (χ0) is 18.0. The van der Waals surface area contributed by atoms with Crippen molar-refractivity contribution in [3.05, 3.63) is 52.3 Å². The number of carbonyl (C=O) groups is 1. The van der Waals surface area contributed by atoms with Crippen molar-refractivity contribution in [2.45, 2.75) is 0 Å². The average molecular weight is 359 g/mol. The first-order valence-electron chi connectivity index (χ1n) is 7.33. The van der Waals surface area contributed by atoms with E-state index in [0.29, 0.717) is 13.1 Å². The minimum Gasteiger partial charge on any atom is -0.507 e. The van der Waals surface area contributed by atoms with Gasteiger partial charge < -0.3 is 10.4 Å². The summed E-state index contributed by atoms with van der Waals surface area (Å²) in [4.78, 5) is 16.7. The molecule has 126 valence electrons. The van der Waals surface area contributed by atoms with Gasteiger partial charge in [0.15, 0.2) is 5.96 Å². The second-order valence-electron chi connectivity index (χ2n) is 5.21. The van der Waals surface area contributed by atoms with Gasteiger partial charge in [-0.15, -0.1) is 0 Å². The van der Waals surface area contributed by atoms with E-state index < -0.39 is 11.7 Å². The molecule has 3 N–H and O–H groups in total. The van der Waals surface area contributed by atoms with Crippen LogP contribution in [0.15, 0.2) is 35.3 Å². The number of phenols is 1. The molecular formula is C17H12ClFN4O2. The van der Waals surface area contributed by atoms with Crippen molar-refractivity contribution in [3.8, 4) is 22.9 Å². The highest BCUT2D eigenvalue weighted by Gasteiger charge is 2.24. The fourth-order valence-corrected chi connectivity index (χ4v) is 2.76. The number of hydrogen-bond acceptors (Lipinski definition) is 5. The van der Waals surface area contributed by atoms with Crippen LogP contribution in [0.3, 0.4) is 0 Å². The van der Waals surface area contributed by atoms with Crippen LogP contribution >= 0.6 is 11.6 Å². The molecule has 1 amide bonds. The molecule has 8 heteroatoms. The van der Waals surface area contributed by atoms with Gasteiger partial charge in [0.05, 0.1) is 28.8 Å². The third kappa shape index (κ3) is 3.12. The van der Waals surface area contributed by atoms with Gasteiger partial charge in [0.25, 0.3) is 5.91 Å². The molecule has 1 heterocycles. The molecule has 6 nitrogen and oxygen atoms in total. The van der Waals surface area contributed by atoms with E-state index in [1.165, 1.54) is 24.3 Å². The molecule has 2 aromatic rings. The van der Waals surface area contributed by atoms with Crippen molar-refractivity contribution in [1.82, 2.24) is 10.6 Å². The SMILES string of the molecule is N#Cc1ccc(O)c(C(=O)NC2=NCCN2)c1-c1cccc(F)c1Cl. The van der Waals surface area contributed by atoms with Crippen LogP contribution in [0.2, 0.25) is 5.02 Å². The zero-order valence-electron chi connectivity index (χ0n) is 12.8. The lowest BCUT2D eigenvalue weighted by Crippen LogP contribution is -2.38. The van der Waals surface area contributed by atoms with Gasteiger partial charge >= 0.3 is 0 Å². The van der Waals surface area contributed by atoms with Gasteiger partial charge in [-0.05, 0) is 18.2 Å². The number of nitrogens with zero attached hydrogens (tertiary/aromatic N) is 2. The van der Waals surface area contributed by atoms with Crippen LogP contribution in [-0.4, -0.2) is 30.1 Å². The number of benzene rings is 2. The van der Waals surface area contributed by atoms with Gasteiger partial charge in [-0.25, -0.2) is 4.39 Å². The van der Waals surface area contributed by atoms with Crippen molar-refractivity contribution in [2.24, 2.45) is 4.99 Å². The van der Waals surface area contributed by atoms with E-state index in [-0.39, 0.29) is 39.0 Å². The highest BCUT2D eigenvalue weighted by Crippen LogP contribution is 2.38. The Kier molecular flexibility index (Phi) is 4.55. The van der Waals surface area contributed by atoms with Crippen molar-refractivity contribution >= 4 is 23.5 Å². The van der Waals surface area contributed by atoms with Crippen LogP contribution in [0.5, 0.6) is 5.75 Å². The van der Waals surface area contributed by atoms with E-state index in [4.69, 9.17) is 11.6 Å². The number of nitriles is 1. The topological polar surface area (TPSA) is 97.5 Å². The van der Waals surface area contributed by atoms with Crippen molar-refractivity contribution in [3.63, 3.8) is 0 Å². The first kappa shape index (κ1) is 16.7. The molecule has 0 bridgehead atoms. The van der Waals surface area contributed by atoms with E-state index in [1.54, 1.807) is 0 Å². The molecule has 0 fully saturated rings. The lowest BCUT2D eigenvalue weighted by atomic mass is 9.93. The molecular weight excluding hydrogens is 347 g/mol. The first-order chi connectivity index (χ1) is 12.0. The van der Waals surface area contributed by atoms with E-state index in [0.717, 1.165) is 6.07 Å². The summed E-state index contributed by atoms with van der Waals surface area (Å²) in [6, 6.07) is 8.56. The summed E-state index contributed by atoms with van der Waals surface area (Å²) in [6.07, 6.45) is 0. The van der Waals surface area contributed by atoms with Gasteiger partial charge in [-0.1, -0.05) is 23.7 Å². The van der Waals surface area contributed by atoms with Gasteiger partial charge in [-0.2, -0.15) is 5.26 Å². The lowest BCUT2D eigenvalue weighted by Gasteiger charge is -2.15. The van der Waals surface area contributed by atoms with Gasteiger partial charge in [-0.3, -0.25) is 15.1 Å². The summed E-state index contributed by atoms with van der Waals surface area (Å²) in [5, 5.41) is 24.7. The highest BCUT2D eigenvalue weighted by atomic mass is 35.5. The molecule has 0 saturated heterocycles. The maximum Gasteiger partial charge on any atom is 0.262 e. The van der Waals surface area contributed by atoms with Crippen LogP contribution in [-0.2, 0) is 0 Å². The number of aromatic hydroxyl groups is 1. The molecule has 1 aliphatic rings. The van der Waals surface area contributed by atoms with E-state index in [2.05, 4.69) is 15.6 Å². The molecule has 25 heavy (non-hydrogen) atoms. The fraction of sp³-hybridized carbons (Fsp3) is 0.118. The monoisotopic (exact) mass is 358 g/mol. The lowest BCUT2D eigenvalue weighted by molar-refractivity contribution is 0.0974. The minimum absolute atomic E-state index is 0.0584. The van der Waals surface area contributed by atoms with Crippen LogP contribution in [0.25, 0.3) is 11.1 Å². The Bertz CT molecular complexity index is 937. The van der Waals surface area contributed by atoms with Crippen molar-refractivity contribution in [1.29, 1.82) is 5.26 Å². The molecule has 0 radical (unpaired) electrons. The largest absolute Gasteiger partial charge is 0.507 e. The van der Waals surface area contributed by atoms with Gasteiger partial charge in [0, 0.05) is 17.7 Å². The van der Waals surface area contributed by atoms with Crippen molar-refractivity contribution < 1.29 is 14.3 Å². The summed E-state index contributed by atoms with van der Waals surface area (Å²) in [6.45, 7) is 1.10. The second-order valence-corrected chi connectivity index (χ2v) is 5.58. The summed E-state index contributed by atoms with van der Waals surface area (Å²) >= 11 is 6.02. The Balaban J connectivity index is 2.19. The van der Waals surface area contributed by atoms with Crippen LogP contribution in [0.1, 0.15) is 15.9 Å². The number of hydrogen-bond donors (Lipinski definition) is 3. The quantitative estimate of drug-likeness (QED) is 0.768. The van der Waals surface area contributed by atoms with Crippen LogP contribution in [0, 0.1) is 17.1 Å². The molecule has 3 rings (SSSR count). The number of nitrogens with one attached hydrogen (secondary N) is 2. The van der Waals surface area contributed by atoms with E-state index in [1.807, 2.05) is 6.07 Å². The highest BCUT2D eigenvalue weighted by molar-refractivity contribution is 6.34. The maximum atomic E-state index is 13.9. The molecule has 2 aromatic carbocycles. The van der Waals surface area contributed by atoms with Crippen LogP contribution in [0.4, 0.5) is 4.39 Å². The number of carbonyl (C=O) groups excluding carboxylic acids is 1. The number of guanidine groups is 1. The minimum atomic E-state index is -0.695. The fourth-order valence-electron chi connectivity index (χ4n) is 2.54. The predicted molar refractivity (Wildman–Crippen MR) is 91.0 cm³/mol. The molecule has 0 saturated carbocycles. The van der Waals surface area contributed by atoms with E-state index in [9.17, 15) is 19.6 Å². The standard InChI is InChI=1S/C17H12ClFN4O2/c18-15-10(2-1-3-11(15)19)13-9(8-20)4-5-12(24)14(13)16(25)23-17-21-6-7-22-17/h1-5,24H,6-7H2,(H2,21,22,23,25). The molecule has 0 aromatic heterocycles. The predicted octanol–water partition coefficient (Wildman–Crippen LogP) is 2.41. The Morgan fingerprint density at radius 1 is 1.40 bits per heavy atom. The number of aliphatic imine (C=N–C) groups is 1. The molecule has 0 unspecified atom stereocenters. The molecule has 0 aliphatic carbocycles. The smallest absolute Gasteiger partial charge is 0.262 e. The number of amides is 1. The molecule has 0 spiro atoms. The number of phenolic OH excluding ortho intramolecular Hbond substituents is 1. The first-order valence-corrected chi connectivity index (χ1v) is 7.71. The average Bonchev–Trinajstić information content (AvgIpc) is 3.10. The molecule has 0 atom stereocenters. The third-order valence-corrected chi connectivity index (χ3v) is 4.04. The van der Waals surface area contributed by atoms with Gasteiger partial charge in [0.2, 0.25) is 0 Å². The Labute approximate surface area is 147 Å². The number of rotatable bonds is 2. The molecule has 1 aliphatic heterocycles. The normalized spacial score (nSPS) is 12.9. The second kappa shape index (κ2) is 6.79. The number of halogens is 2. The zero-order valence-corrected chi connectivity index (χ0v) is 13.6. The Hall–Kier alpha value is -3.11. The summed E-state index contributed by atoms with van der Waals surface area (Å²) in [5.74, 6) is -1.47. The Morgan fingerprint density at radius 3 is 2.88 bits per heavy atom.